The maximum absolute atomic E-state index is 12.6. The molecule has 1 heterocycles. The zero-order valence-electron chi connectivity index (χ0n) is 16.9. The maximum Gasteiger partial charge on any atom is 0.251 e. The standard InChI is InChI=1S/C22H29BrN4O/c1-25(2)20-9-7-17(8-10-20)21(27-13-11-26(3)12-14-27)16-24-22(28)18-5-4-6-19(23)15-18/h4-10,15,21H,11-14,16H2,1-3H3,(H,24,28)/t21-/m0/s1. The molecule has 1 atom stereocenters. The van der Waals surface area contributed by atoms with Gasteiger partial charge in [-0.1, -0.05) is 34.1 Å². The summed E-state index contributed by atoms with van der Waals surface area (Å²) >= 11 is 3.44. The van der Waals surface area contributed by atoms with Gasteiger partial charge in [0.2, 0.25) is 0 Å². The number of benzene rings is 2. The molecule has 0 unspecified atom stereocenters. The normalized spacial score (nSPS) is 16.6. The van der Waals surface area contributed by atoms with Crippen LogP contribution in [0.1, 0.15) is 22.0 Å². The summed E-state index contributed by atoms with van der Waals surface area (Å²) in [7, 11) is 6.25. The highest BCUT2D eigenvalue weighted by Crippen LogP contribution is 2.24. The monoisotopic (exact) mass is 444 g/mol. The van der Waals surface area contributed by atoms with Crippen molar-refractivity contribution in [3.63, 3.8) is 0 Å². The van der Waals surface area contributed by atoms with Crippen LogP contribution in [0.25, 0.3) is 0 Å². The van der Waals surface area contributed by atoms with Crippen LogP contribution in [-0.4, -0.2) is 69.6 Å². The van der Waals surface area contributed by atoms with E-state index < -0.39 is 0 Å². The van der Waals surface area contributed by atoms with E-state index in [4.69, 9.17) is 0 Å². The molecule has 5 nitrogen and oxygen atoms in total. The Labute approximate surface area is 176 Å². The van der Waals surface area contributed by atoms with Crippen LogP contribution in [0.5, 0.6) is 0 Å². The fourth-order valence-electron chi connectivity index (χ4n) is 3.51. The molecular formula is C22H29BrN4O. The lowest BCUT2D eigenvalue weighted by atomic mass is 10.0. The summed E-state index contributed by atoms with van der Waals surface area (Å²) in [6.45, 7) is 4.70. The number of carbonyl (C=O) groups excluding carboxylic acids is 1. The molecule has 2 aromatic rings. The quantitative estimate of drug-likeness (QED) is 0.741. The predicted octanol–water partition coefficient (Wildman–Crippen LogP) is 3.23. The van der Waals surface area contributed by atoms with E-state index in [1.807, 2.05) is 38.4 Å². The molecule has 0 aromatic heterocycles. The Balaban J connectivity index is 1.75. The summed E-state index contributed by atoms with van der Waals surface area (Å²) in [6, 6.07) is 16.3. The van der Waals surface area contributed by atoms with Gasteiger partial charge in [0.05, 0.1) is 6.04 Å². The molecule has 1 amide bonds. The second-order valence-corrected chi connectivity index (χ2v) is 8.48. The molecule has 0 spiro atoms. The fourth-order valence-corrected chi connectivity index (χ4v) is 3.91. The van der Waals surface area contributed by atoms with Crippen molar-refractivity contribution in [2.75, 3.05) is 58.8 Å². The SMILES string of the molecule is CN1CCN([C@@H](CNC(=O)c2cccc(Br)c2)c2ccc(N(C)C)cc2)CC1. The molecule has 1 fully saturated rings. The zero-order valence-corrected chi connectivity index (χ0v) is 18.4. The molecule has 1 aliphatic heterocycles. The number of likely N-dealkylation sites (N-methyl/N-ethyl adjacent to an activating group) is 1. The van der Waals surface area contributed by atoms with Crippen LogP contribution in [0.15, 0.2) is 53.0 Å². The lowest BCUT2D eigenvalue weighted by Gasteiger charge is -2.38. The van der Waals surface area contributed by atoms with E-state index in [0.717, 1.165) is 30.7 Å². The first-order valence-electron chi connectivity index (χ1n) is 9.67. The second-order valence-electron chi connectivity index (χ2n) is 7.56. The third-order valence-corrected chi connectivity index (χ3v) is 5.81. The third-order valence-electron chi connectivity index (χ3n) is 5.32. The second kappa shape index (κ2) is 9.54. The first kappa shape index (κ1) is 20.8. The van der Waals surface area contributed by atoms with Gasteiger partial charge in [-0.15, -0.1) is 0 Å². The van der Waals surface area contributed by atoms with Crippen molar-refractivity contribution in [1.29, 1.82) is 0 Å². The van der Waals surface area contributed by atoms with E-state index in [1.54, 1.807) is 0 Å². The molecule has 1 aliphatic rings. The number of nitrogens with zero attached hydrogens (tertiary/aromatic N) is 3. The number of hydrogen-bond acceptors (Lipinski definition) is 4. The topological polar surface area (TPSA) is 38.8 Å². The van der Waals surface area contributed by atoms with Crippen LogP contribution < -0.4 is 10.2 Å². The van der Waals surface area contributed by atoms with Gasteiger partial charge < -0.3 is 15.1 Å². The van der Waals surface area contributed by atoms with Crippen molar-refractivity contribution < 1.29 is 4.79 Å². The predicted molar refractivity (Wildman–Crippen MR) is 119 cm³/mol. The Bertz CT molecular complexity index is 785. The van der Waals surface area contributed by atoms with Crippen LogP contribution >= 0.6 is 15.9 Å². The van der Waals surface area contributed by atoms with Crippen LogP contribution in [0, 0.1) is 0 Å². The van der Waals surface area contributed by atoms with Crippen molar-refractivity contribution in [2.45, 2.75) is 6.04 Å². The van der Waals surface area contributed by atoms with Crippen LogP contribution in [-0.2, 0) is 0 Å². The van der Waals surface area contributed by atoms with Gasteiger partial charge in [-0.2, -0.15) is 0 Å². The Hall–Kier alpha value is -1.89. The molecule has 28 heavy (non-hydrogen) atoms. The van der Waals surface area contributed by atoms with Gasteiger partial charge in [-0.25, -0.2) is 0 Å². The molecule has 1 N–H and O–H groups in total. The number of anilines is 1. The highest BCUT2D eigenvalue weighted by molar-refractivity contribution is 9.10. The van der Waals surface area contributed by atoms with Gasteiger partial charge in [-0.05, 0) is 42.9 Å². The average Bonchev–Trinajstić information content (AvgIpc) is 2.69. The van der Waals surface area contributed by atoms with E-state index in [2.05, 4.69) is 67.3 Å². The van der Waals surface area contributed by atoms with Crippen LogP contribution in [0.4, 0.5) is 5.69 Å². The van der Waals surface area contributed by atoms with E-state index in [0.29, 0.717) is 12.1 Å². The van der Waals surface area contributed by atoms with Gasteiger partial charge in [0.25, 0.3) is 5.91 Å². The molecule has 150 valence electrons. The molecule has 6 heteroatoms. The number of carbonyl (C=O) groups is 1. The summed E-state index contributed by atoms with van der Waals surface area (Å²) in [4.78, 5) is 19.6. The Morgan fingerprint density at radius 3 is 2.39 bits per heavy atom. The van der Waals surface area contributed by atoms with Crippen LogP contribution in [0.2, 0.25) is 0 Å². The lowest BCUT2D eigenvalue weighted by molar-refractivity contribution is 0.0886. The molecule has 0 aliphatic carbocycles. The zero-order chi connectivity index (χ0) is 20.1. The van der Waals surface area contributed by atoms with Gasteiger partial charge in [0.1, 0.15) is 0 Å². The summed E-state index contributed by atoms with van der Waals surface area (Å²) in [5.41, 5.74) is 3.10. The van der Waals surface area contributed by atoms with Crippen molar-refractivity contribution in [1.82, 2.24) is 15.1 Å². The maximum atomic E-state index is 12.6. The summed E-state index contributed by atoms with van der Waals surface area (Å²) in [5.74, 6) is -0.0367. The van der Waals surface area contributed by atoms with Crippen molar-refractivity contribution in [2.24, 2.45) is 0 Å². The average molecular weight is 445 g/mol. The largest absolute Gasteiger partial charge is 0.378 e. The van der Waals surface area contributed by atoms with E-state index >= 15 is 0 Å². The minimum absolute atomic E-state index is 0.0367. The summed E-state index contributed by atoms with van der Waals surface area (Å²) in [5, 5.41) is 3.15. The van der Waals surface area contributed by atoms with E-state index in [9.17, 15) is 4.79 Å². The first-order chi connectivity index (χ1) is 13.4. The van der Waals surface area contributed by atoms with Gasteiger partial charge in [-0.3, -0.25) is 9.69 Å². The number of rotatable bonds is 6. The van der Waals surface area contributed by atoms with Gasteiger partial charge in [0.15, 0.2) is 0 Å². The summed E-state index contributed by atoms with van der Waals surface area (Å²) < 4.78 is 0.912. The van der Waals surface area contributed by atoms with Crippen molar-refractivity contribution >= 4 is 27.5 Å². The molecule has 2 aromatic carbocycles. The molecule has 1 saturated heterocycles. The minimum Gasteiger partial charge on any atom is -0.378 e. The number of piperazine rings is 1. The molecule has 0 radical (unpaired) electrons. The van der Waals surface area contributed by atoms with Crippen molar-refractivity contribution in [3.8, 4) is 0 Å². The summed E-state index contributed by atoms with van der Waals surface area (Å²) in [6.07, 6.45) is 0. The molecular weight excluding hydrogens is 416 g/mol. The van der Waals surface area contributed by atoms with Gasteiger partial charge >= 0.3 is 0 Å². The third kappa shape index (κ3) is 5.34. The number of amides is 1. The molecule has 0 saturated carbocycles. The Kier molecular flexibility index (Phi) is 7.10. The number of halogens is 1. The number of nitrogens with one attached hydrogen (secondary N) is 1. The number of hydrogen-bond donors (Lipinski definition) is 1. The first-order valence-corrected chi connectivity index (χ1v) is 10.5. The Morgan fingerprint density at radius 2 is 1.79 bits per heavy atom. The molecule has 3 rings (SSSR count). The van der Waals surface area contributed by atoms with Crippen LogP contribution in [0.3, 0.4) is 0 Å². The highest BCUT2D eigenvalue weighted by Gasteiger charge is 2.24. The smallest absolute Gasteiger partial charge is 0.251 e. The minimum atomic E-state index is -0.0367. The van der Waals surface area contributed by atoms with E-state index in [-0.39, 0.29) is 11.9 Å². The fraction of sp³-hybridized carbons (Fsp3) is 0.409. The molecule has 0 bridgehead atoms. The van der Waals surface area contributed by atoms with E-state index in [1.165, 1.54) is 11.3 Å². The highest BCUT2D eigenvalue weighted by atomic mass is 79.9. The van der Waals surface area contributed by atoms with Gasteiger partial charge in [0, 0.05) is 62.5 Å². The van der Waals surface area contributed by atoms with Crippen molar-refractivity contribution in [3.05, 3.63) is 64.1 Å². The lowest BCUT2D eigenvalue weighted by Crippen LogP contribution is -2.48. The Morgan fingerprint density at radius 1 is 1.11 bits per heavy atom.